The number of amides is 2. The molecule has 13 heteroatoms. The Hall–Kier alpha value is -2.64. The molecule has 0 bridgehead atoms. The van der Waals surface area contributed by atoms with Crippen molar-refractivity contribution in [2.75, 3.05) is 5.32 Å². The lowest BCUT2D eigenvalue weighted by atomic mass is 10.1. The molecule has 0 unspecified atom stereocenters. The quantitative estimate of drug-likeness (QED) is 0.541. The lowest BCUT2D eigenvalue weighted by Crippen LogP contribution is -2.36. The first-order valence-corrected chi connectivity index (χ1v) is 11.3. The van der Waals surface area contributed by atoms with Crippen molar-refractivity contribution in [3.05, 3.63) is 35.4 Å². The number of anilines is 1. The molecule has 4 N–H and O–H groups in total. The fourth-order valence-corrected chi connectivity index (χ4v) is 5.40. The van der Waals surface area contributed by atoms with Crippen LogP contribution in [0.25, 0.3) is 0 Å². The molecule has 0 radical (unpaired) electrons. The van der Waals surface area contributed by atoms with Crippen molar-refractivity contribution in [1.29, 1.82) is 0 Å². The molecule has 2 amide bonds. The molecule has 0 aliphatic rings. The van der Waals surface area contributed by atoms with Crippen molar-refractivity contribution in [2.24, 2.45) is 5.73 Å². The van der Waals surface area contributed by atoms with Crippen LogP contribution in [0.1, 0.15) is 43.6 Å². The summed E-state index contributed by atoms with van der Waals surface area (Å²) in [6, 6.07) is 3.20. The summed E-state index contributed by atoms with van der Waals surface area (Å²) < 4.78 is 71.7. The van der Waals surface area contributed by atoms with Crippen molar-refractivity contribution in [1.82, 2.24) is 0 Å². The predicted octanol–water partition coefficient (Wildman–Crippen LogP) is 3.20. The highest BCUT2D eigenvalue weighted by Crippen LogP contribution is 2.41. The van der Waals surface area contributed by atoms with Crippen molar-refractivity contribution in [3.63, 3.8) is 0 Å². The maximum atomic E-state index is 13.7. The van der Waals surface area contributed by atoms with E-state index >= 15 is 0 Å². The molecule has 1 aromatic carbocycles. The highest BCUT2D eigenvalue weighted by Gasteiger charge is 2.39. The van der Waals surface area contributed by atoms with Gasteiger partial charge >= 0.3 is 6.18 Å². The zero-order chi connectivity index (χ0) is 24.6. The Morgan fingerprint density at radius 3 is 2.25 bits per heavy atom. The number of rotatable bonds is 7. The van der Waals surface area contributed by atoms with Gasteiger partial charge in [-0.25, -0.2) is 8.42 Å². The van der Waals surface area contributed by atoms with Crippen molar-refractivity contribution >= 4 is 38.0 Å². The molecule has 0 spiro atoms. The number of nitrogens with one attached hydrogen (secondary N) is 1. The lowest BCUT2D eigenvalue weighted by Gasteiger charge is -2.16. The minimum absolute atomic E-state index is 0.173. The van der Waals surface area contributed by atoms with Crippen LogP contribution in [-0.2, 0) is 20.8 Å². The fraction of sp³-hybridized carbons (Fsp3) is 0.368. The maximum Gasteiger partial charge on any atom is 0.417 e. The molecule has 2 rings (SSSR count). The standard InChI is InChI=1S/C19H21F3N2O6S2/c1-9(2)30-10-5-6-13(12(7-10)19(20,21)22)32(28,29)14-8-11(15(23)25)16(31-14)24-17(26)18(3,4)27/h5-9,27H,1-4H3,(H2,23,25)(H,24,26). The number of carbonyl (C=O) groups excluding carboxylic acids is 2. The van der Waals surface area contributed by atoms with Gasteiger partial charge < -0.3 is 20.9 Å². The fourth-order valence-electron chi connectivity index (χ4n) is 2.45. The molecule has 0 aliphatic carbocycles. The third kappa shape index (κ3) is 5.58. The van der Waals surface area contributed by atoms with E-state index in [1.165, 1.54) is 0 Å². The number of alkyl halides is 3. The number of ether oxygens (including phenoxy) is 1. The molecule has 0 aliphatic heterocycles. The first-order valence-electron chi connectivity index (χ1n) is 9.05. The predicted molar refractivity (Wildman–Crippen MR) is 110 cm³/mol. The number of sulfone groups is 1. The molecular weight excluding hydrogens is 473 g/mol. The first kappa shape index (κ1) is 25.6. The minimum Gasteiger partial charge on any atom is -0.491 e. The van der Waals surface area contributed by atoms with Gasteiger partial charge in [-0.1, -0.05) is 0 Å². The van der Waals surface area contributed by atoms with Crippen molar-refractivity contribution < 1.29 is 41.0 Å². The van der Waals surface area contributed by atoms with E-state index in [1.807, 2.05) is 0 Å². The Morgan fingerprint density at radius 2 is 1.78 bits per heavy atom. The van der Waals surface area contributed by atoms with Crippen LogP contribution < -0.4 is 15.8 Å². The molecule has 0 saturated carbocycles. The normalized spacial score (nSPS) is 12.7. The van der Waals surface area contributed by atoms with Crippen LogP contribution in [0.5, 0.6) is 5.75 Å². The Kier molecular flexibility index (Phi) is 6.98. The van der Waals surface area contributed by atoms with Crippen molar-refractivity contribution in [2.45, 2.75) is 54.7 Å². The molecule has 8 nitrogen and oxygen atoms in total. The number of halogens is 3. The summed E-state index contributed by atoms with van der Waals surface area (Å²) in [7, 11) is -4.78. The van der Waals surface area contributed by atoms with Gasteiger partial charge in [0.15, 0.2) is 0 Å². The van der Waals surface area contributed by atoms with Gasteiger partial charge in [-0.05, 0) is 52.0 Å². The zero-order valence-electron chi connectivity index (χ0n) is 17.4. The van der Waals surface area contributed by atoms with Gasteiger partial charge in [-0.3, -0.25) is 9.59 Å². The van der Waals surface area contributed by atoms with Crippen LogP contribution in [0.2, 0.25) is 0 Å². The van der Waals surface area contributed by atoms with Crippen LogP contribution in [-0.4, -0.2) is 37.0 Å². The number of benzene rings is 1. The second-order valence-electron chi connectivity index (χ2n) is 7.51. The Labute approximate surface area is 186 Å². The molecule has 0 atom stereocenters. The summed E-state index contributed by atoms with van der Waals surface area (Å²) in [5, 5.41) is 11.6. The van der Waals surface area contributed by atoms with Crippen LogP contribution in [0, 0.1) is 0 Å². The second kappa shape index (κ2) is 8.71. The summed E-state index contributed by atoms with van der Waals surface area (Å²) in [5.41, 5.74) is 1.46. The molecule has 176 valence electrons. The largest absolute Gasteiger partial charge is 0.491 e. The number of hydrogen-bond acceptors (Lipinski definition) is 7. The number of aliphatic hydroxyl groups is 1. The third-order valence-electron chi connectivity index (χ3n) is 3.94. The van der Waals surface area contributed by atoms with E-state index in [0.717, 1.165) is 32.0 Å². The number of carbonyl (C=O) groups is 2. The Bertz CT molecular complexity index is 1150. The highest BCUT2D eigenvalue weighted by atomic mass is 32.2. The zero-order valence-corrected chi connectivity index (χ0v) is 19.0. The van der Waals surface area contributed by atoms with Crippen LogP contribution in [0.3, 0.4) is 0 Å². The molecular formula is C19H21F3N2O6S2. The molecule has 0 saturated heterocycles. The van der Waals surface area contributed by atoms with Crippen LogP contribution in [0.4, 0.5) is 18.2 Å². The van der Waals surface area contributed by atoms with Crippen LogP contribution >= 0.6 is 11.3 Å². The molecule has 1 heterocycles. The molecule has 1 aromatic heterocycles. The van der Waals surface area contributed by atoms with Crippen molar-refractivity contribution in [3.8, 4) is 5.75 Å². The molecule has 32 heavy (non-hydrogen) atoms. The first-order chi connectivity index (χ1) is 14.4. The maximum absolute atomic E-state index is 13.7. The van der Waals surface area contributed by atoms with E-state index in [9.17, 15) is 36.3 Å². The lowest BCUT2D eigenvalue weighted by molar-refractivity contribution is -0.140. The van der Waals surface area contributed by atoms with E-state index < -0.39 is 59.8 Å². The van der Waals surface area contributed by atoms with Gasteiger partial charge in [-0.15, -0.1) is 11.3 Å². The summed E-state index contributed by atoms with van der Waals surface area (Å²) in [4.78, 5) is 22.7. The highest BCUT2D eigenvalue weighted by molar-refractivity contribution is 7.93. The number of hydrogen-bond donors (Lipinski definition) is 3. The minimum atomic E-state index is -5.03. The summed E-state index contributed by atoms with van der Waals surface area (Å²) in [5.74, 6) is -2.27. The van der Waals surface area contributed by atoms with Gasteiger partial charge in [0.05, 0.1) is 22.1 Å². The monoisotopic (exact) mass is 494 g/mol. The molecule has 0 fully saturated rings. The van der Waals surface area contributed by atoms with Gasteiger partial charge in [-0.2, -0.15) is 13.2 Å². The third-order valence-corrected chi connectivity index (χ3v) is 7.28. The summed E-state index contributed by atoms with van der Waals surface area (Å²) in [6.07, 6.45) is -5.48. The summed E-state index contributed by atoms with van der Waals surface area (Å²) >= 11 is 0.338. The van der Waals surface area contributed by atoms with Crippen LogP contribution in [0.15, 0.2) is 33.4 Å². The van der Waals surface area contributed by atoms with Gasteiger partial charge in [0, 0.05) is 0 Å². The van der Waals surface area contributed by atoms with Gasteiger partial charge in [0.2, 0.25) is 9.84 Å². The smallest absolute Gasteiger partial charge is 0.417 e. The topological polar surface area (TPSA) is 136 Å². The SMILES string of the molecule is CC(C)Oc1ccc(S(=O)(=O)c2cc(C(N)=O)c(NC(=O)C(C)(C)O)s2)c(C(F)(F)F)c1. The van der Waals surface area contributed by atoms with E-state index in [0.29, 0.717) is 17.4 Å². The van der Waals surface area contributed by atoms with Gasteiger partial charge in [0.25, 0.3) is 11.8 Å². The number of nitrogens with two attached hydrogens (primary N) is 1. The second-order valence-corrected chi connectivity index (χ2v) is 10.7. The number of primary amides is 1. The Morgan fingerprint density at radius 1 is 1.19 bits per heavy atom. The summed E-state index contributed by atoms with van der Waals surface area (Å²) in [6.45, 7) is 5.48. The van der Waals surface area contributed by atoms with E-state index in [2.05, 4.69) is 5.32 Å². The van der Waals surface area contributed by atoms with Gasteiger partial charge in [0.1, 0.15) is 20.6 Å². The van der Waals surface area contributed by atoms with E-state index in [4.69, 9.17) is 10.5 Å². The Balaban J connectivity index is 2.64. The van der Waals surface area contributed by atoms with E-state index in [1.54, 1.807) is 13.8 Å². The van der Waals surface area contributed by atoms with E-state index in [-0.39, 0.29) is 10.8 Å². The molecule has 2 aromatic rings. The average molecular weight is 495 g/mol. The average Bonchev–Trinajstić information content (AvgIpc) is 3.04. The number of thiophene rings is 1.